The van der Waals surface area contributed by atoms with Crippen molar-refractivity contribution in [1.29, 1.82) is 0 Å². The highest BCUT2D eigenvalue weighted by atomic mass is 19.4. The molecule has 1 unspecified atom stereocenters. The Bertz CT molecular complexity index is 958. The van der Waals surface area contributed by atoms with Gasteiger partial charge in [-0.15, -0.1) is 0 Å². The molecule has 2 saturated heterocycles. The summed E-state index contributed by atoms with van der Waals surface area (Å²) in [5.74, 6) is -2.71. The highest BCUT2D eigenvalue weighted by Gasteiger charge is 2.49. The molecule has 1 atom stereocenters. The Morgan fingerprint density at radius 3 is 2.35 bits per heavy atom. The van der Waals surface area contributed by atoms with Crippen molar-refractivity contribution in [1.82, 2.24) is 19.9 Å². The third kappa shape index (κ3) is 5.13. The van der Waals surface area contributed by atoms with E-state index in [0.29, 0.717) is 31.6 Å². The van der Waals surface area contributed by atoms with Gasteiger partial charge >= 0.3 is 12.1 Å². The first-order valence-corrected chi connectivity index (χ1v) is 9.16. The normalized spacial score (nSPS) is 20.5. The number of aromatic nitrogens is 3. The molecule has 4 heterocycles. The number of likely N-dealkylation sites (tertiary alicyclic amines) is 1. The van der Waals surface area contributed by atoms with E-state index in [4.69, 9.17) is 9.90 Å². The average Bonchev–Trinajstić information content (AvgIpc) is 3.31. The first-order chi connectivity index (χ1) is 14.6. The molecule has 4 rings (SSSR count). The minimum absolute atomic E-state index is 0.0195. The van der Waals surface area contributed by atoms with Gasteiger partial charge in [0.15, 0.2) is 0 Å². The summed E-state index contributed by atoms with van der Waals surface area (Å²) in [6.45, 7) is 1.87. The molecular formula is C19H18F3N5O4. The van der Waals surface area contributed by atoms with Crippen LogP contribution in [0.25, 0.3) is 0 Å². The Labute approximate surface area is 174 Å². The largest absolute Gasteiger partial charge is 0.490 e. The fourth-order valence-electron chi connectivity index (χ4n) is 3.62. The molecular weight excluding hydrogens is 419 g/mol. The van der Waals surface area contributed by atoms with Crippen LogP contribution in [0.3, 0.4) is 0 Å². The molecule has 0 aromatic carbocycles. The van der Waals surface area contributed by atoms with E-state index in [9.17, 15) is 22.8 Å². The van der Waals surface area contributed by atoms with Gasteiger partial charge in [0.1, 0.15) is 6.33 Å². The van der Waals surface area contributed by atoms with E-state index >= 15 is 0 Å². The number of alkyl halides is 3. The van der Waals surface area contributed by atoms with Gasteiger partial charge in [-0.2, -0.15) is 13.2 Å². The van der Waals surface area contributed by atoms with Crippen LogP contribution in [0.15, 0.2) is 43.2 Å². The maximum absolute atomic E-state index is 12.6. The van der Waals surface area contributed by atoms with E-state index in [2.05, 4.69) is 15.0 Å². The zero-order valence-electron chi connectivity index (χ0n) is 16.1. The number of nitrogens with zero attached hydrogens (tertiary/aromatic N) is 5. The van der Waals surface area contributed by atoms with Gasteiger partial charge in [-0.1, -0.05) is 0 Å². The van der Waals surface area contributed by atoms with Crippen molar-refractivity contribution in [2.24, 2.45) is 5.41 Å². The molecule has 2 aliphatic heterocycles. The van der Waals surface area contributed by atoms with Crippen LogP contribution in [0, 0.1) is 5.41 Å². The van der Waals surface area contributed by atoms with E-state index in [-0.39, 0.29) is 17.2 Å². The van der Waals surface area contributed by atoms with E-state index < -0.39 is 12.1 Å². The van der Waals surface area contributed by atoms with Gasteiger partial charge < -0.3 is 14.9 Å². The molecule has 2 fully saturated rings. The maximum atomic E-state index is 12.6. The number of hydrogen-bond acceptors (Lipinski definition) is 6. The van der Waals surface area contributed by atoms with Crippen LogP contribution in [0.5, 0.6) is 0 Å². The SMILES string of the molecule is O=C(O)C(F)(F)F.O=C(c1cccnc1)N1CCC2(CC(=O)N(c3cncnc3)C2)C1. The van der Waals surface area contributed by atoms with Gasteiger partial charge in [-0.3, -0.25) is 14.6 Å². The summed E-state index contributed by atoms with van der Waals surface area (Å²) in [6, 6.07) is 3.53. The van der Waals surface area contributed by atoms with E-state index in [1.165, 1.54) is 6.33 Å². The van der Waals surface area contributed by atoms with Crippen LogP contribution in [-0.2, 0) is 9.59 Å². The minimum atomic E-state index is -5.08. The molecule has 0 aliphatic carbocycles. The van der Waals surface area contributed by atoms with E-state index in [1.54, 1.807) is 41.8 Å². The standard InChI is InChI=1S/C17H17N5O2.C2HF3O2/c23-15-6-17(11-22(15)14-8-19-12-20-9-14)3-5-21(10-17)16(24)13-2-1-4-18-7-13;3-2(4,5)1(6)7/h1-2,4,7-9,12H,3,5-6,10-11H2;(H,6,7). The molecule has 0 bridgehead atoms. The van der Waals surface area contributed by atoms with Crippen molar-refractivity contribution in [3.05, 3.63) is 48.8 Å². The van der Waals surface area contributed by atoms with Crippen LogP contribution < -0.4 is 4.90 Å². The summed E-state index contributed by atoms with van der Waals surface area (Å²) < 4.78 is 31.7. The van der Waals surface area contributed by atoms with Crippen LogP contribution >= 0.6 is 0 Å². The number of carboxylic acids is 1. The molecule has 31 heavy (non-hydrogen) atoms. The number of hydrogen-bond donors (Lipinski definition) is 1. The Hall–Kier alpha value is -3.57. The number of pyridine rings is 1. The van der Waals surface area contributed by atoms with Crippen molar-refractivity contribution in [3.8, 4) is 0 Å². The Balaban J connectivity index is 0.000000339. The van der Waals surface area contributed by atoms with Crippen molar-refractivity contribution >= 4 is 23.5 Å². The summed E-state index contributed by atoms with van der Waals surface area (Å²) in [6.07, 6.45) is 4.19. The van der Waals surface area contributed by atoms with Crippen molar-refractivity contribution in [2.75, 3.05) is 24.5 Å². The van der Waals surface area contributed by atoms with Crippen LogP contribution in [0.1, 0.15) is 23.2 Å². The second-order valence-electron chi connectivity index (χ2n) is 7.27. The number of rotatable bonds is 2. The Morgan fingerprint density at radius 2 is 1.77 bits per heavy atom. The average molecular weight is 437 g/mol. The molecule has 2 amide bonds. The second-order valence-corrected chi connectivity index (χ2v) is 7.27. The number of anilines is 1. The van der Waals surface area contributed by atoms with Crippen LogP contribution in [0.2, 0.25) is 0 Å². The second kappa shape index (κ2) is 8.66. The number of halogens is 3. The quantitative estimate of drug-likeness (QED) is 0.761. The lowest BCUT2D eigenvalue weighted by molar-refractivity contribution is -0.192. The summed E-state index contributed by atoms with van der Waals surface area (Å²) in [4.78, 5) is 49.5. The zero-order chi connectivity index (χ0) is 22.6. The van der Waals surface area contributed by atoms with Gasteiger partial charge in [-0.25, -0.2) is 14.8 Å². The molecule has 0 saturated carbocycles. The van der Waals surface area contributed by atoms with Gasteiger partial charge in [0.25, 0.3) is 5.91 Å². The summed E-state index contributed by atoms with van der Waals surface area (Å²) >= 11 is 0. The van der Waals surface area contributed by atoms with Gasteiger partial charge in [0, 0.05) is 43.9 Å². The van der Waals surface area contributed by atoms with E-state index in [1.807, 2.05) is 4.90 Å². The first kappa shape index (κ1) is 22.1. The number of carbonyl (C=O) groups is 3. The highest BCUT2D eigenvalue weighted by Crippen LogP contribution is 2.41. The molecule has 2 aliphatic rings. The predicted octanol–water partition coefficient (Wildman–Crippen LogP) is 1.77. The van der Waals surface area contributed by atoms with Crippen LogP contribution in [-0.4, -0.2) is 68.6 Å². The lowest BCUT2D eigenvalue weighted by Gasteiger charge is -2.24. The number of aliphatic carboxylic acids is 1. The molecule has 0 radical (unpaired) electrons. The minimum Gasteiger partial charge on any atom is -0.475 e. The van der Waals surface area contributed by atoms with Crippen molar-refractivity contribution in [2.45, 2.75) is 19.0 Å². The summed E-state index contributed by atoms with van der Waals surface area (Å²) in [5, 5.41) is 7.12. The molecule has 2 aromatic heterocycles. The first-order valence-electron chi connectivity index (χ1n) is 9.16. The molecule has 1 N–H and O–H groups in total. The van der Waals surface area contributed by atoms with Gasteiger partial charge in [-0.05, 0) is 18.6 Å². The van der Waals surface area contributed by atoms with E-state index in [0.717, 1.165) is 12.1 Å². The van der Waals surface area contributed by atoms with Crippen molar-refractivity contribution < 1.29 is 32.7 Å². The van der Waals surface area contributed by atoms with Gasteiger partial charge in [0.05, 0.1) is 23.6 Å². The third-order valence-corrected chi connectivity index (χ3v) is 5.06. The fraction of sp³-hybridized carbons (Fsp3) is 0.368. The molecule has 2 aromatic rings. The number of carboxylic acid groups (broad SMARTS) is 1. The number of amides is 2. The third-order valence-electron chi connectivity index (χ3n) is 5.06. The zero-order valence-corrected chi connectivity index (χ0v) is 16.1. The molecule has 12 heteroatoms. The molecule has 164 valence electrons. The van der Waals surface area contributed by atoms with Gasteiger partial charge in [0.2, 0.25) is 5.91 Å². The fourth-order valence-corrected chi connectivity index (χ4v) is 3.62. The maximum Gasteiger partial charge on any atom is 0.490 e. The summed E-state index contributed by atoms with van der Waals surface area (Å²) in [5.41, 5.74) is 1.13. The number of carbonyl (C=O) groups excluding carboxylic acids is 2. The van der Waals surface area contributed by atoms with Crippen LogP contribution in [0.4, 0.5) is 18.9 Å². The summed E-state index contributed by atoms with van der Waals surface area (Å²) in [7, 11) is 0. The molecule has 1 spiro atoms. The highest BCUT2D eigenvalue weighted by molar-refractivity contribution is 5.97. The molecule has 9 nitrogen and oxygen atoms in total. The topological polar surface area (TPSA) is 117 Å². The lowest BCUT2D eigenvalue weighted by Crippen LogP contribution is -2.34. The van der Waals surface area contributed by atoms with Crippen molar-refractivity contribution in [3.63, 3.8) is 0 Å². The predicted molar refractivity (Wildman–Crippen MR) is 99.9 cm³/mol. The monoisotopic (exact) mass is 437 g/mol. The Morgan fingerprint density at radius 1 is 1.10 bits per heavy atom. The lowest BCUT2D eigenvalue weighted by atomic mass is 9.86. The smallest absolute Gasteiger partial charge is 0.475 e. The Kier molecular flexibility index (Phi) is 6.18.